The molecule has 1 aromatic heterocycles. The van der Waals surface area contributed by atoms with E-state index in [0.29, 0.717) is 5.92 Å². The normalized spacial score (nSPS) is 22.2. The molecule has 0 saturated carbocycles. The highest BCUT2D eigenvalue weighted by Crippen LogP contribution is 2.19. The summed E-state index contributed by atoms with van der Waals surface area (Å²) in [6.45, 7) is 4.30. The zero-order valence-electron chi connectivity index (χ0n) is 8.66. The molecule has 1 atom stereocenters. The molecular weight excluding hydrogens is 174 g/mol. The first-order valence-electron chi connectivity index (χ1n) is 5.41. The number of aryl methyl sites for hydroxylation is 1. The lowest BCUT2D eigenvalue weighted by Gasteiger charge is -2.21. The molecule has 0 aliphatic carbocycles. The van der Waals surface area contributed by atoms with Gasteiger partial charge in [-0.25, -0.2) is 9.97 Å². The second kappa shape index (κ2) is 4.51. The molecule has 14 heavy (non-hydrogen) atoms. The topological polar surface area (TPSA) is 37.8 Å². The van der Waals surface area contributed by atoms with Crippen molar-refractivity contribution in [3.8, 4) is 0 Å². The molecular formula is C11H17N3. The highest BCUT2D eigenvalue weighted by atomic mass is 14.9. The molecule has 0 aromatic carbocycles. The van der Waals surface area contributed by atoms with Gasteiger partial charge in [-0.3, -0.25) is 0 Å². The molecule has 1 aromatic rings. The second-order valence-electron chi connectivity index (χ2n) is 3.85. The zero-order chi connectivity index (χ0) is 9.80. The van der Waals surface area contributed by atoms with Crippen LogP contribution in [0.2, 0.25) is 0 Å². The average Bonchev–Trinajstić information content (AvgIpc) is 2.30. The maximum Gasteiger partial charge on any atom is 0.132 e. The largest absolute Gasteiger partial charge is 0.316 e. The molecule has 76 valence electrons. The van der Waals surface area contributed by atoms with E-state index in [1.54, 1.807) is 0 Å². The Morgan fingerprint density at radius 3 is 2.79 bits per heavy atom. The van der Waals surface area contributed by atoms with Crippen LogP contribution < -0.4 is 5.32 Å². The number of aromatic nitrogens is 2. The first-order chi connectivity index (χ1) is 6.90. The Morgan fingerprint density at radius 1 is 1.43 bits per heavy atom. The Balaban J connectivity index is 2.07. The first kappa shape index (κ1) is 9.59. The lowest BCUT2D eigenvalue weighted by molar-refractivity contribution is 0.446. The van der Waals surface area contributed by atoms with Gasteiger partial charge >= 0.3 is 0 Å². The highest BCUT2D eigenvalue weighted by Gasteiger charge is 2.16. The van der Waals surface area contributed by atoms with Crippen LogP contribution in [0, 0.1) is 0 Å². The van der Waals surface area contributed by atoms with E-state index in [2.05, 4.69) is 22.2 Å². The Labute approximate surface area is 85.0 Å². The summed E-state index contributed by atoms with van der Waals surface area (Å²) in [7, 11) is 0. The van der Waals surface area contributed by atoms with Crippen molar-refractivity contribution in [2.45, 2.75) is 32.1 Å². The fourth-order valence-electron chi connectivity index (χ4n) is 1.83. The molecule has 1 aliphatic rings. The van der Waals surface area contributed by atoms with Crippen molar-refractivity contribution in [1.29, 1.82) is 0 Å². The minimum absolute atomic E-state index is 0.523. The predicted octanol–water partition coefficient (Wildman–Crippen LogP) is 1.51. The molecule has 1 fully saturated rings. The van der Waals surface area contributed by atoms with E-state index in [0.717, 1.165) is 25.3 Å². The van der Waals surface area contributed by atoms with Gasteiger partial charge < -0.3 is 5.32 Å². The van der Waals surface area contributed by atoms with Crippen LogP contribution in [0.1, 0.15) is 37.1 Å². The van der Waals surface area contributed by atoms with Gasteiger partial charge in [0.15, 0.2) is 0 Å². The molecule has 0 radical (unpaired) electrons. The number of nitrogens with one attached hydrogen (secondary N) is 1. The van der Waals surface area contributed by atoms with Crippen LogP contribution in [-0.2, 0) is 6.42 Å². The van der Waals surface area contributed by atoms with E-state index < -0.39 is 0 Å². The third kappa shape index (κ3) is 2.10. The maximum atomic E-state index is 4.42. The number of hydrogen-bond acceptors (Lipinski definition) is 3. The summed E-state index contributed by atoms with van der Waals surface area (Å²) in [5, 5.41) is 3.38. The van der Waals surface area contributed by atoms with Gasteiger partial charge in [-0.2, -0.15) is 0 Å². The molecule has 1 N–H and O–H groups in total. The van der Waals surface area contributed by atoms with Crippen LogP contribution >= 0.6 is 0 Å². The predicted molar refractivity (Wildman–Crippen MR) is 56.3 cm³/mol. The summed E-state index contributed by atoms with van der Waals surface area (Å²) in [4.78, 5) is 8.84. The van der Waals surface area contributed by atoms with Crippen molar-refractivity contribution < 1.29 is 0 Å². The Kier molecular flexibility index (Phi) is 3.09. The van der Waals surface area contributed by atoms with Gasteiger partial charge in [-0.15, -0.1) is 0 Å². The summed E-state index contributed by atoms with van der Waals surface area (Å²) in [6, 6.07) is 0. The van der Waals surface area contributed by atoms with Gasteiger partial charge in [-0.05, 0) is 31.4 Å². The van der Waals surface area contributed by atoms with E-state index >= 15 is 0 Å². The third-order valence-corrected chi connectivity index (χ3v) is 2.80. The summed E-state index contributed by atoms with van der Waals surface area (Å²) in [6.07, 6.45) is 7.39. The van der Waals surface area contributed by atoms with E-state index in [-0.39, 0.29) is 0 Å². The van der Waals surface area contributed by atoms with Crippen LogP contribution in [0.25, 0.3) is 0 Å². The Bertz CT molecular complexity index is 275. The second-order valence-corrected chi connectivity index (χ2v) is 3.85. The molecule has 0 spiro atoms. The zero-order valence-corrected chi connectivity index (χ0v) is 8.66. The van der Waals surface area contributed by atoms with Crippen LogP contribution in [-0.4, -0.2) is 23.1 Å². The van der Waals surface area contributed by atoms with Gasteiger partial charge in [0.2, 0.25) is 0 Å². The molecule has 0 amide bonds. The SMILES string of the molecule is CCc1cnc(C2CCCNC2)nc1. The highest BCUT2D eigenvalue weighted by molar-refractivity contribution is 5.07. The molecule has 2 rings (SSSR count). The van der Waals surface area contributed by atoms with Crippen LogP contribution in [0.5, 0.6) is 0 Å². The smallest absolute Gasteiger partial charge is 0.132 e. The van der Waals surface area contributed by atoms with Crippen molar-refractivity contribution >= 4 is 0 Å². The molecule has 1 aliphatic heterocycles. The molecule has 0 bridgehead atoms. The van der Waals surface area contributed by atoms with Crippen molar-refractivity contribution in [3.05, 3.63) is 23.8 Å². The lowest BCUT2D eigenvalue weighted by Crippen LogP contribution is -2.29. The lowest BCUT2D eigenvalue weighted by atomic mass is 9.99. The molecule has 1 unspecified atom stereocenters. The van der Waals surface area contributed by atoms with E-state index in [1.165, 1.54) is 18.4 Å². The van der Waals surface area contributed by atoms with Crippen LogP contribution in [0.15, 0.2) is 12.4 Å². The third-order valence-electron chi connectivity index (χ3n) is 2.80. The monoisotopic (exact) mass is 191 g/mol. The van der Waals surface area contributed by atoms with Gasteiger partial charge in [0.25, 0.3) is 0 Å². The molecule has 1 saturated heterocycles. The summed E-state index contributed by atoms with van der Waals surface area (Å²) in [5.74, 6) is 1.53. The van der Waals surface area contributed by atoms with Gasteiger partial charge in [-0.1, -0.05) is 6.92 Å². The molecule has 3 heteroatoms. The quantitative estimate of drug-likeness (QED) is 0.770. The van der Waals surface area contributed by atoms with Gasteiger partial charge in [0, 0.05) is 24.9 Å². The van der Waals surface area contributed by atoms with Crippen molar-refractivity contribution in [1.82, 2.24) is 15.3 Å². The Hall–Kier alpha value is -0.960. The summed E-state index contributed by atoms with van der Waals surface area (Å²) in [5.41, 5.74) is 1.22. The van der Waals surface area contributed by atoms with Crippen molar-refractivity contribution in [3.63, 3.8) is 0 Å². The molecule has 2 heterocycles. The fraction of sp³-hybridized carbons (Fsp3) is 0.636. The van der Waals surface area contributed by atoms with E-state index in [4.69, 9.17) is 0 Å². The first-order valence-corrected chi connectivity index (χ1v) is 5.41. The van der Waals surface area contributed by atoms with Gasteiger partial charge in [0.05, 0.1) is 0 Å². The number of hydrogen-bond donors (Lipinski definition) is 1. The minimum atomic E-state index is 0.523. The fourth-order valence-corrected chi connectivity index (χ4v) is 1.83. The van der Waals surface area contributed by atoms with E-state index in [1.807, 2.05) is 12.4 Å². The standard InChI is InChI=1S/C11H17N3/c1-2-9-6-13-11(14-7-9)10-4-3-5-12-8-10/h6-7,10,12H,2-5,8H2,1H3. The minimum Gasteiger partial charge on any atom is -0.316 e. The van der Waals surface area contributed by atoms with Gasteiger partial charge in [0.1, 0.15) is 5.82 Å². The van der Waals surface area contributed by atoms with E-state index in [9.17, 15) is 0 Å². The van der Waals surface area contributed by atoms with Crippen molar-refractivity contribution in [2.24, 2.45) is 0 Å². The number of rotatable bonds is 2. The van der Waals surface area contributed by atoms with Crippen LogP contribution in [0.4, 0.5) is 0 Å². The maximum absolute atomic E-state index is 4.42. The summed E-state index contributed by atoms with van der Waals surface area (Å²) < 4.78 is 0. The average molecular weight is 191 g/mol. The van der Waals surface area contributed by atoms with Crippen LogP contribution in [0.3, 0.4) is 0 Å². The number of piperidine rings is 1. The summed E-state index contributed by atoms with van der Waals surface area (Å²) >= 11 is 0. The molecule has 3 nitrogen and oxygen atoms in total. The number of nitrogens with zero attached hydrogens (tertiary/aromatic N) is 2. The Morgan fingerprint density at radius 2 is 2.21 bits per heavy atom. The van der Waals surface area contributed by atoms with Crippen molar-refractivity contribution in [2.75, 3.05) is 13.1 Å².